The van der Waals surface area contributed by atoms with Crippen molar-refractivity contribution in [3.05, 3.63) is 56.0 Å². The molecule has 0 atom stereocenters. The van der Waals surface area contributed by atoms with Gasteiger partial charge in [0, 0.05) is 17.7 Å². The van der Waals surface area contributed by atoms with Crippen molar-refractivity contribution in [3.63, 3.8) is 0 Å². The molecule has 0 saturated heterocycles. The number of hydrazone groups is 1. The Balaban J connectivity index is 1.65. The number of hydrogen-bond donors (Lipinski definition) is 2. The van der Waals surface area contributed by atoms with Crippen LogP contribution >= 0.6 is 15.9 Å². The summed E-state index contributed by atoms with van der Waals surface area (Å²) in [6, 6.07) is 7.47. The number of fused-ring (bicyclic) bond motifs is 1. The SMILES string of the molecule is O=C(Cc1ccc2c(c1)OCO2)N/N=C\c1cc([N+](=O)[O-])cc(Br)c1O. The molecule has 0 aromatic heterocycles. The third kappa shape index (κ3) is 3.91. The number of nitro benzene ring substituents is 1. The average Bonchev–Trinajstić information content (AvgIpc) is 3.06. The Labute approximate surface area is 155 Å². The van der Waals surface area contributed by atoms with E-state index in [0.29, 0.717) is 17.1 Å². The number of phenolic OH excluding ortho intramolecular Hbond substituents is 1. The third-order valence-electron chi connectivity index (χ3n) is 3.48. The third-order valence-corrected chi connectivity index (χ3v) is 4.09. The summed E-state index contributed by atoms with van der Waals surface area (Å²) in [5, 5.41) is 24.5. The summed E-state index contributed by atoms with van der Waals surface area (Å²) in [6.45, 7) is 0.150. The summed E-state index contributed by atoms with van der Waals surface area (Å²) in [6.07, 6.45) is 1.18. The maximum atomic E-state index is 12.0. The number of nitrogens with zero attached hydrogens (tertiary/aromatic N) is 2. The van der Waals surface area contributed by atoms with Gasteiger partial charge in [-0.3, -0.25) is 14.9 Å². The van der Waals surface area contributed by atoms with Gasteiger partial charge < -0.3 is 14.6 Å². The highest BCUT2D eigenvalue weighted by Gasteiger charge is 2.15. The van der Waals surface area contributed by atoms with Crippen molar-refractivity contribution in [1.29, 1.82) is 0 Å². The number of hydrogen-bond acceptors (Lipinski definition) is 7. The van der Waals surface area contributed by atoms with Crippen LogP contribution in [0, 0.1) is 10.1 Å². The van der Waals surface area contributed by atoms with Crippen molar-refractivity contribution in [2.75, 3.05) is 6.79 Å². The van der Waals surface area contributed by atoms with Crippen LogP contribution in [0.5, 0.6) is 17.2 Å². The van der Waals surface area contributed by atoms with Gasteiger partial charge in [-0.2, -0.15) is 5.10 Å². The van der Waals surface area contributed by atoms with E-state index in [9.17, 15) is 20.0 Å². The zero-order chi connectivity index (χ0) is 18.7. The van der Waals surface area contributed by atoms with E-state index in [1.807, 2.05) is 0 Å². The molecule has 2 aromatic carbocycles. The highest BCUT2D eigenvalue weighted by molar-refractivity contribution is 9.10. The summed E-state index contributed by atoms with van der Waals surface area (Å²) in [7, 11) is 0. The lowest BCUT2D eigenvalue weighted by Crippen LogP contribution is -2.19. The average molecular weight is 422 g/mol. The summed E-state index contributed by atoms with van der Waals surface area (Å²) < 4.78 is 10.6. The Kier molecular flexibility index (Phi) is 5.03. The molecule has 0 aliphatic carbocycles. The molecule has 1 amide bonds. The van der Waals surface area contributed by atoms with Gasteiger partial charge in [-0.05, 0) is 33.6 Å². The van der Waals surface area contributed by atoms with E-state index in [0.717, 1.165) is 12.3 Å². The molecule has 0 spiro atoms. The molecule has 0 unspecified atom stereocenters. The van der Waals surface area contributed by atoms with Crippen LogP contribution in [0.1, 0.15) is 11.1 Å². The van der Waals surface area contributed by atoms with Crippen molar-refractivity contribution in [2.45, 2.75) is 6.42 Å². The summed E-state index contributed by atoms with van der Waals surface area (Å²) in [5.41, 5.74) is 2.89. The Bertz CT molecular complexity index is 915. The number of phenols is 1. The first kappa shape index (κ1) is 17.7. The monoisotopic (exact) mass is 421 g/mol. The van der Waals surface area contributed by atoms with Gasteiger partial charge in [0.05, 0.1) is 22.0 Å². The second-order valence-corrected chi connectivity index (χ2v) is 6.13. The highest BCUT2D eigenvalue weighted by atomic mass is 79.9. The molecule has 3 rings (SSSR count). The molecule has 1 heterocycles. The molecule has 2 aromatic rings. The predicted molar refractivity (Wildman–Crippen MR) is 94.5 cm³/mol. The fourth-order valence-corrected chi connectivity index (χ4v) is 2.72. The Morgan fingerprint density at radius 2 is 2.12 bits per heavy atom. The number of rotatable bonds is 5. The number of nitro groups is 1. The molecule has 10 heteroatoms. The number of ether oxygens (including phenoxy) is 2. The van der Waals surface area contributed by atoms with Crippen LogP contribution < -0.4 is 14.9 Å². The van der Waals surface area contributed by atoms with Gasteiger partial charge in [-0.1, -0.05) is 6.07 Å². The van der Waals surface area contributed by atoms with Crippen LogP contribution in [0.25, 0.3) is 0 Å². The number of carbonyl (C=O) groups excluding carboxylic acids is 1. The Morgan fingerprint density at radius 3 is 2.88 bits per heavy atom. The first-order chi connectivity index (χ1) is 12.4. The number of benzene rings is 2. The maximum Gasteiger partial charge on any atom is 0.271 e. The van der Waals surface area contributed by atoms with Crippen molar-refractivity contribution in [3.8, 4) is 17.2 Å². The summed E-state index contributed by atoms with van der Waals surface area (Å²) in [5.74, 6) is 0.581. The molecule has 0 fully saturated rings. The lowest BCUT2D eigenvalue weighted by atomic mass is 10.1. The van der Waals surface area contributed by atoms with Gasteiger partial charge in [-0.15, -0.1) is 0 Å². The van der Waals surface area contributed by atoms with Crippen LogP contribution in [0.2, 0.25) is 0 Å². The maximum absolute atomic E-state index is 12.0. The Hall–Kier alpha value is -3.14. The molecule has 2 N–H and O–H groups in total. The van der Waals surface area contributed by atoms with Gasteiger partial charge in [-0.25, -0.2) is 5.43 Å². The fourth-order valence-electron chi connectivity index (χ4n) is 2.26. The minimum absolute atomic E-state index is 0.0542. The fraction of sp³-hybridized carbons (Fsp3) is 0.125. The molecule has 0 saturated carbocycles. The first-order valence-corrected chi connectivity index (χ1v) is 8.10. The summed E-state index contributed by atoms with van der Waals surface area (Å²) >= 11 is 3.03. The normalized spacial score (nSPS) is 12.3. The van der Waals surface area contributed by atoms with E-state index in [-0.39, 0.29) is 34.7 Å². The lowest BCUT2D eigenvalue weighted by Gasteiger charge is -2.03. The van der Waals surface area contributed by atoms with Crippen LogP contribution in [-0.4, -0.2) is 28.9 Å². The second kappa shape index (κ2) is 7.40. The molecular formula is C16H12BrN3O6. The van der Waals surface area contributed by atoms with Gasteiger partial charge in [0.15, 0.2) is 11.5 Å². The molecule has 1 aliphatic rings. The van der Waals surface area contributed by atoms with E-state index in [1.165, 1.54) is 6.07 Å². The zero-order valence-electron chi connectivity index (χ0n) is 13.1. The number of nitrogens with one attached hydrogen (secondary N) is 1. The van der Waals surface area contributed by atoms with Crippen LogP contribution in [-0.2, 0) is 11.2 Å². The quantitative estimate of drug-likeness (QED) is 0.434. The van der Waals surface area contributed by atoms with Crippen LogP contribution in [0.3, 0.4) is 0 Å². The van der Waals surface area contributed by atoms with Crippen LogP contribution in [0.4, 0.5) is 5.69 Å². The summed E-state index contributed by atoms with van der Waals surface area (Å²) in [4.78, 5) is 22.2. The molecule has 26 heavy (non-hydrogen) atoms. The van der Waals surface area contributed by atoms with E-state index < -0.39 is 10.8 Å². The van der Waals surface area contributed by atoms with Gasteiger partial charge in [0.1, 0.15) is 5.75 Å². The Morgan fingerprint density at radius 1 is 1.35 bits per heavy atom. The van der Waals surface area contributed by atoms with Gasteiger partial charge >= 0.3 is 0 Å². The van der Waals surface area contributed by atoms with E-state index >= 15 is 0 Å². The second-order valence-electron chi connectivity index (χ2n) is 5.28. The first-order valence-electron chi connectivity index (χ1n) is 7.31. The number of aromatic hydroxyl groups is 1. The lowest BCUT2D eigenvalue weighted by molar-refractivity contribution is -0.385. The number of carbonyl (C=O) groups is 1. The van der Waals surface area contributed by atoms with E-state index in [4.69, 9.17) is 9.47 Å². The van der Waals surface area contributed by atoms with Gasteiger partial charge in [0.25, 0.3) is 5.69 Å². The standard InChI is InChI=1S/C16H12BrN3O6/c17-12-6-11(20(23)24)5-10(16(12)22)7-18-19-15(21)4-9-1-2-13-14(3-9)26-8-25-13/h1-3,5-7,22H,4,8H2,(H,19,21)/b18-7-. The van der Waals surface area contributed by atoms with Crippen molar-refractivity contribution in [1.82, 2.24) is 5.43 Å². The molecule has 134 valence electrons. The van der Waals surface area contributed by atoms with E-state index in [2.05, 4.69) is 26.5 Å². The minimum Gasteiger partial charge on any atom is -0.506 e. The molecule has 0 bridgehead atoms. The minimum atomic E-state index is -0.597. The van der Waals surface area contributed by atoms with Crippen LogP contribution in [0.15, 0.2) is 39.9 Å². The van der Waals surface area contributed by atoms with Crippen molar-refractivity contribution < 1.29 is 24.3 Å². The molecule has 0 radical (unpaired) electrons. The topological polar surface area (TPSA) is 123 Å². The largest absolute Gasteiger partial charge is 0.506 e. The van der Waals surface area contributed by atoms with Crippen molar-refractivity contribution in [2.24, 2.45) is 5.10 Å². The molecule has 1 aliphatic heterocycles. The number of non-ortho nitro benzene ring substituents is 1. The number of halogens is 1. The van der Waals surface area contributed by atoms with Crippen molar-refractivity contribution >= 4 is 33.7 Å². The van der Waals surface area contributed by atoms with Gasteiger partial charge in [0.2, 0.25) is 12.7 Å². The zero-order valence-corrected chi connectivity index (χ0v) is 14.7. The van der Waals surface area contributed by atoms with E-state index in [1.54, 1.807) is 18.2 Å². The molecule has 9 nitrogen and oxygen atoms in total. The molecular weight excluding hydrogens is 410 g/mol. The predicted octanol–water partition coefficient (Wildman–Crippen LogP) is 2.48. The number of amides is 1. The smallest absolute Gasteiger partial charge is 0.271 e. The highest BCUT2D eigenvalue weighted by Crippen LogP contribution is 2.33.